The Morgan fingerprint density at radius 1 is 1.35 bits per heavy atom. The third-order valence-electron chi connectivity index (χ3n) is 2.63. The Bertz CT molecular complexity index is 436. The Hall–Kier alpha value is -1.32. The summed E-state index contributed by atoms with van der Waals surface area (Å²) in [4.78, 5) is 7.24. The van der Waals surface area contributed by atoms with Crippen LogP contribution in [0.25, 0.3) is 0 Å². The van der Waals surface area contributed by atoms with Crippen molar-refractivity contribution < 1.29 is 0 Å². The van der Waals surface area contributed by atoms with Gasteiger partial charge in [0.05, 0.1) is 6.54 Å². The largest absolute Gasteiger partial charge is 0.348 e. The normalized spacial score (nSPS) is 12.6. The highest BCUT2D eigenvalue weighted by molar-refractivity contribution is 6.30. The van der Waals surface area contributed by atoms with Crippen LogP contribution in [0.5, 0.6) is 0 Å². The quantitative estimate of drug-likeness (QED) is 0.856. The molecule has 0 saturated carbocycles. The van der Waals surface area contributed by atoms with Crippen LogP contribution >= 0.6 is 11.6 Å². The maximum absolute atomic E-state index is 5.85. The summed E-state index contributed by atoms with van der Waals surface area (Å²) in [5.74, 6) is 0.966. The first kappa shape index (κ1) is 12.1. The molecule has 1 aromatic carbocycles. The second kappa shape index (κ2) is 5.84. The van der Waals surface area contributed by atoms with Gasteiger partial charge in [0.2, 0.25) is 0 Å². The molecule has 0 aliphatic carbocycles. The third kappa shape index (κ3) is 3.88. The van der Waals surface area contributed by atoms with Crippen molar-refractivity contribution in [1.82, 2.24) is 15.3 Å². The molecule has 2 N–H and O–H groups in total. The number of hydrogen-bond donors (Lipinski definition) is 2. The number of nitrogens with one attached hydrogen (secondary N) is 2. The highest BCUT2D eigenvalue weighted by atomic mass is 35.5. The van der Waals surface area contributed by atoms with Gasteiger partial charge in [0.15, 0.2) is 0 Å². The number of H-pyrrole nitrogens is 1. The number of nitrogens with zero attached hydrogens (tertiary/aromatic N) is 1. The fraction of sp³-hybridized carbons (Fsp3) is 0.308. The average Bonchev–Trinajstić information content (AvgIpc) is 2.83. The minimum Gasteiger partial charge on any atom is -0.348 e. The van der Waals surface area contributed by atoms with Crippen LogP contribution in [-0.2, 0) is 13.0 Å². The first-order valence-corrected chi connectivity index (χ1v) is 6.08. The summed E-state index contributed by atoms with van der Waals surface area (Å²) in [6.45, 7) is 2.93. The van der Waals surface area contributed by atoms with Gasteiger partial charge in [-0.15, -0.1) is 0 Å². The van der Waals surface area contributed by atoms with Crippen LogP contribution in [-0.4, -0.2) is 16.0 Å². The molecule has 3 nitrogen and oxygen atoms in total. The highest BCUT2D eigenvalue weighted by Gasteiger charge is 2.04. The summed E-state index contributed by atoms with van der Waals surface area (Å²) in [7, 11) is 0. The van der Waals surface area contributed by atoms with Gasteiger partial charge in [-0.3, -0.25) is 0 Å². The second-order valence-electron chi connectivity index (χ2n) is 4.15. The van der Waals surface area contributed by atoms with Crippen LogP contribution in [0, 0.1) is 0 Å². The summed E-state index contributed by atoms with van der Waals surface area (Å²) in [5.41, 5.74) is 1.29. The predicted octanol–water partition coefficient (Wildman–Crippen LogP) is 2.78. The van der Waals surface area contributed by atoms with Gasteiger partial charge in [-0.05, 0) is 31.0 Å². The molecule has 2 rings (SSSR count). The summed E-state index contributed by atoms with van der Waals surface area (Å²) in [6.07, 6.45) is 4.58. The maximum atomic E-state index is 5.85. The lowest BCUT2D eigenvalue weighted by atomic mass is 10.1. The number of benzene rings is 1. The van der Waals surface area contributed by atoms with Crippen molar-refractivity contribution in [2.75, 3.05) is 0 Å². The van der Waals surface area contributed by atoms with Gasteiger partial charge in [-0.1, -0.05) is 23.7 Å². The minimum atomic E-state index is 0.404. The van der Waals surface area contributed by atoms with Gasteiger partial charge in [-0.25, -0.2) is 4.98 Å². The van der Waals surface area contributed by atoms with Gasteiger partial charge < -0.3 is 10.3 Å². The van der Waals surface area contributed by atoms with Crippen molar-refractivity contribution >= 4 is 11.6 Å². The Morgan fingerprint density at radius 2 is 2.12 bits per heavy atom. The van der Waals surface area contributed by atoms with Gasteiger partial charge in [-0.2, -0.15) is 0 Å². The first-order chi connectivity index (χ1) is 8.24. The zero-order valence-electron chi connectivity index (χ0n) is 9.78. The second-order valence-corrected chi connectivity index (χ2v) is 4.58. The Labute approximate surface area is 106 Å². The molecule has 0 fully saturated rings. The van der Waals surface area contributed by atoms with Gasteiger partial charge >= 0.3 is 0 Å². The lowest BCUT2D eigenvalue weighted by Gasteiger charge is -2.12. The Kier molecular flexibility index (Phi) is 4.18. The zero-order valence-corrected chi connectivity index (χ0v) is 10.5. The topological polar surface area (TPSA) is 40.7 Å². The third-order valence-corrected chi connectivity index (χ3v) is 2.88. The monoisotopic (exact) mass is 249 g/mol. The van der Waals surface area contributed by atoms with Gasteiger partial charge in [0.25, 0.3) is 0 Å². The van der Waals surface area contributed by atoms with Crippen molar-refractivity contribution in [3.63, 3.8) is 0 Å². The number of aromatic amines is 1. The Morgan fingerprint density at radius 3 is 2.76 bits per heavy atom. The summed E-state index contributed by atoms with van der Waals surface area (Å²) in [5, 5.41) is 4.20. The fourth-order valence-corrected chi connectivity index (χ4v) is 1.84. The van der Waals surface area contributed by atoms with E-state index in [1.54, 1.807) is 6.20 Å². The van der Waals surface area contributed by atoms with Crippen molar-refractivity contribution in [2.45, 2.75) is 25.9 Å². The summed E-state index contributed by atoms with van der Waals surface area (Å²) < 4.78 is 0. The summed E-state index contributed by atoms with van der Waals surface area (Å²) in [6, 6.07) is 8.38. The van der Waals surface area contributed by atoms with Crippen molar-refractivity contribution in [1.29, 1.82) is 0 Å². The highest BCUT2D eigenvalue weighted by Crippen LogP contribution is 2.11. The molecular weight excluding hydrogens is 234 g/mol. The molecule has 4 heteroatoms. The van der Waals surface area contributed by atoms with Crippen LogP contribution in [0.4, 0.5) is 0 Å². The molecule has 17 heavy (non-hydrogen) atoms. The molecule has 1 heterocycles. The Balaban J connectivity index is 1.80. The predicted molar refractivity (Wildman–Crippen MR) is 70.0 cm³/mol. The number of imidazole rings is 1. The summed E-state index contributed by atoms with van der Waals surface area (Å²) >= 11 is 5.85. The number of halogens is 1. The van der Waals surface area contributed by atoms with E-state index in [1.165, 1.54) is 5.56 Å². The molecule has 0 aliphatic rings. The van der Waals surface area contributed by atoms with E-state index in [0.717, 1.165) is 23.8 Å². The molecule has 0 bridgehead atoms. The van der Waals surface area contributed by atoms with Crippen LogP contribution in [0.1, 0.15) is 18.3 Å². The molecule has 1 atom stereocenters. The smallest absolute Gasteiger partial charge is 0.120 e. The standard InChI is InChI=1S/C13H16ClN3/c1-10(17-9-13-15-6-7-16-13)8-11-2-4-12(14)5-3-11/h2-7,10,17H,8-9H2,1H3,(H,15,16). The van der Waals surface area contributed by atoms with Gasteiger partial charge in [0.1, 0.15) is 5.82 Å². The lowest BCUT2D eigenvalue weighted by Crippen LogP contribution is -2.27. The molecule has 0 aliphatic heterocycles. The molecule has 0 amide bonds. The minimum absolute atomic E-state index is 0.404. The molecule has 0 radical (unpaired) electrons. The average molecular weight is 250 g/mol. The van der Waals surface area contributed by atoms with Crippen LogP contribution in [0.2, 0.25) is 5.02 Å². The molecule has 0 saturated heterocycles. The van der Waals surface area contributed by atoms with E-state index < -0.39 is 0 Å². The van der Waals surface area contributed by atoms with E-state index >= 15 is 0 Å². The van der Waals surface area contributed by atoms with Crippen molar-refractivity contribution in [3.8, 4) is 0 Å². The first-order valence-electron chi connectivity index (χ1n) is 5.70. The molecular formula is C13H16ClN3. The van der Waals surface area contributed by atoms with Crippen molar-refractivity contribution in [3.05, 3.63) is 53.1 Å². The molecule has 1 aromatic heterocycles. The van der Waals surface area contributed by atoms with E-state index in [-0.39, 0.29) is 0 Å². The van der Waals surface area contributed by atoms with E-state index in [1.807, 2.05) is 18.3 Å². The fourth-order valence-electron chi connectivity index (χ4n) is 1.71. The van der Waals surface area contributed by atoms with E-state index in [0.29, 0.717) is 6.04 Å². The van der Waals surface area contributed by atoms with Crippen molar-refractivity contribution in [2.24, 2.45) is 0 Å². The number of aromatic nitrogens is 2. The number of rotatable bonds is 5. The number of hydrogen-bond acceptors (Lipinski definition) is 2. The zero-order chi connectivity index (χ0) is 12.1. The van der Waals surface area contributed by atoms with E-state index in [9.17, 15) is 0 Å². The van der Waals surface area contributed by atoms with E-state index in [2.05, 4.69) is 34.3 Å². The van der Waals surface area contributed by atoms with Crippen LogP contribution in [0.3, 0.4) is 0 Å². The van der Waals surface area contributed by atoms with E-state index in [4.69, 9.17) is 11.6 Å². The maximum Gasteiger partial charge on any atom is 0.120 e. The molecule has 0 spiro atoms. The van der Waals surface area contributed by atoms with Gasteiger partial charge in [0, 0.05) is 23.5 Å². The molecule has 1 unspecified atom stereocenters. The SMILES string of the molecule is CC(Cc1ccc(Cl)cc1)NCc1ncc[nH]1. The van der Waals surface area contributed by atoms with Crippen LogP contribution in [0.15, 0.2) is 36.7 Å². The lowest BCUT2D eigenvalue weighted by molar-refractivity contribution is 0.535. The molecule has 90 valence electrons. The van der Waals surface area contributed by atoms with Crippen LogP contribution < -0.4 is 5.32 Å². The molecule has 2 aromatic rings.